The van der Waals surface area contributed by atoms with Crippen LogP contribution in [0.15, 0.2) is 11.6 Å². The zero-order valence-corrected chi connectivity index (χ0v) is 6.39. The lowest BCUT2D eigenvalue weighted by molar-refractivity contribution is -0.120. The normalized spacial score (nSPS) is 30.4. The van der Waals surface area contributed by atoms with Crippen LogP contribution in [0, 0.1) is 5.92 Å². The third-order valence-corrected chi connectivity index (χ3v) is 2.37. The summed E-state index contributed by atoms with van der Waals surface area (Å²) in [5.74, 6) is 0.540. The van der Waals surface area contributed by atoms with Gasteiger partial charge in [-0.3, -0.25) is 10.2 Å². The Hall–Kier alpha value is -0.830. The average molecular weight is 152 g/mol. The number of hydrogen-bond donors (Lipinski definition) is 2. The van der Waals surface area contributed by atoms with Crippen LogP contribution in [0.5, 0.6) is 0 Å². The maximum atomic E-state index is 11.2. The van der Waals surface area contributed by atoms with Crippen LogP contribution in [-0.4, -0.2) is 12.5 Å². The van der Waals surface area contributed by atoms with E-state index in [2.05, 4.69) is 16.9 Å². The predicted octanol–water partition coefficient (Wildman–Crippen LogP) is 0.347. The molecule has 0 radical (unpaired) electrons. The van der Waals surface area contributed by atoms with Gasteiger partial charge in [0.05, 0.1) is 0 Å². The molecule has 3 heteroatoms. The fourth-order valence-corrected chi connectivity index (χ4v) is 1.76. The smallest absolute Gasteiger partial charge is 0.261 e. The monoisotopic (exact) mass is 152 g/mol. The molecule has 60 valence electrons. The van der Waals surface area contributed by atoms with Crippen LogP contribution in [0.3, 0.4) is 0 Å². The van der Waals surface area contributed by atoms with Crippen molar-refractivity contribution in [3.8, 4) is 0 Å². The first-order valence-electron chi connectivity index (χ1n) is 4.11. The van der Waals surface area contributed by atoms with E-state index in [4.69, 9.17) is 0 Å². The third kappa shape index (κ3) is 1.16. The van der Waals surface area contributed by atoms with E-state index in [1.807, 2.05) is 0 Å². The van der Waals surface area contributed by atoms with E-state index in [0.29, 0.717) is 5.92 Å². The topological polar surface area (TPSA) is 41.1 Å². The maximum Gasteiger partial charge on any atom is 0.261 e. The van der Waals surface area contributed by atoms with Gasteiger partial charge in [0.2, 0.25) is 0 Å². The lowest BCUT2D eigenvalue weighted by atomic mass is 9.86. The van der Waals surface area contributed by atoms with E-state index in [0.717, 1.165) is 25.0 Å². The minimum atomic E-state index is 0.0703. The molecule has 1 aliphatic carbocycles. The van der Waals surface area contributed by atoms with Crippen molar-refractivity contribution in [2.45, 2.75) is 19.3 Å². The molecule has 11 heavy (non-hydrogen) atoms. The van der Waals surface area contributed by atoms with Gasteiger partial charge in [-0.15, -0.1) is 0 Å². The molecule has 1 amide bonds. The number of hydrogen-bond acceptors (Lipinski definition) is 2. The standard InChI is InChI=1S/C8H12N2O/c11-8-7-4-2-1-3-6(7)5-9-10-8/h4,6,9H,1-3,5H2,(H,10,11). The molecular formula is C8H12N2O. The molecule has 3 nitrogen and oxygen atoms in total. The summed E-state index contributed by atoms with van der Waals surface area (Å²) in [6.45, 7) is 0.900. The summed E-state index contributed by atoms with van der Waals surface area (Å²) in [7, 11) is 0. The molecule has 2 N–H and O–H groups in total. The Morgan fingerprint density at radius 2 is 2.45 bits per heavy atom. The Morgan fingerprint density at radius 1 is 1.55 bits per heavy atom. The largest absolute Gasteiger partial charge is 0.288 e. The minimum Gasteiger partial charge on any atom is -0.288 e. The molecule has 0 bridgehead atoms. The van der Waals surface area contributed by atoms with Crippen LogP contribution in [0.25, 0.3) is 0 Å². The first kappa shape index (κ1) is 6.85. The number of hydrazine groups is 1. The molecule has 1 heterocycles. The molecule has 1 aliphatic heterocycles. The van der Waals surface area contributed by atoms with E-state index in [9.17, 15) is 4.79 Å². The van der Waals surface area contributed by atoms with E-state index in [-0.39, 0.29) is 5.91 Å². The Morgan fingerprint density at radius 3 is 3.27 bits per heavy atom. The van der Waals surface area contributed by atoms with Gasteiger partial charge in [0.1, 0.15) is 0 Å². The highest BCUT2D eigenvalue weighted by Crippen LogP contribution is 2.25. The van der Waals surface area contributed by atoms with Crippen LogP contribution < -0.4 is 10.9 Å². The van der Waals surface area contributed by atoms with Gasteiger partial charge in [-0.2, -0.15) is 0 Å². The minimum absolute atomic E-state index is 0.0703. The van der Waals surface area contributed by atoms with Crippen molar-refractivity contribution in [2.75, 3.05) is 6.54 Å². The zero-order chi connectivity index (χ0) is 7.68. The van der Waals surface area contributed by atoms with Gasteiger partial charge in [0.15, 0.2) is 0 Å². The molecule has 0 saturated carbocycles. The summed E-state index contributed by atoms with van der Waals surface area (Å²) in [6.07, 6.45) is 5.53. The SMILES string of the molecule is O=C1NNCC2CCCC=C12. The zero-order valence-electron chi connectivity index (χ0n) is 6.39. The molecule has 1 unspecified atom stereocenters. The number of carbonyl (C=O) groups excluding carboxylic acids is 1. The Labute approximate surface area is 65.8 Å². The van der Waals surface area contributed by atoms with Gasteiger partial charge in [0, 0.05) is 18.0 Å². The summed E-state index contributed by atoms with van der Waals surface area (Å²) in [6, 6.07) is 0. The van der Waals surface area contributed by atoms with Crippen LogP contribution in [0.4, 0.5) is 0 Å². The van der Waals surface area contributed by atoms with Crippen molar-refractivity contribution >= 4 is 5.91 Å². The Kier molecular flexibility index (Phi) is 1.66. The second kappa shape index (κ2) is 2.66. The fourth-order valence-electron chi connectivity index (χ4n) is 1.76. The molecule has 0 aromatic heterocycles. The van der Waals surface area contributed by atoms with Crippen molar-refractivity contribution in [1.29, 1.82) is 0 Å². The number of allylic oxidation sites excluding steroid dienone is 1. The highest BCUT2D eigenvalue weighted by atomic mass is 16.2. The highest BCUT2D eigenvalue weighted by molar-refractivity contribution is 5.94. The predicted molar refractivity (Wildman–Crippen MR) is 41.6 cm³/mol. The average Bonchev–Trinajstić information content (AvgIpc) is 2.06. The molecule has 2 aliphatic rings. The Bertz CT molecular complexity index is 210. The summed E-state index contributed by atoms with van der Waals surface area (Å²) in [5, 5.41) is 0. The van der Waals surface area contributed by atoms with E-state index >= 15 is 0 Å². The fraction of sp³-hybridized carbons (Fsp3) is 0.625. The van der Waals surface area contributed by atoms with Gasteiger partial charge in [-0.05, 0) is 19.3 Å². The lowest BCUT2D eigenvalue weighted by Crippen LogP contribution is -2.49. The summed E-state index contributed by atoms with van der Waals surface area (Å²) in [5.41, 5.74) is 6.51. The molecule has 0 aromatic carbocycles. The molecule has 0 aromatic rings. The first-order chi connectivity index (χ1) is 5.38. The van der Waals surface area contributed by atoms with Gasteiger partial charge in [-0.25, -0.2) is 5.43 Å². The number of amides is 1. The number of rotatable bonds is 0. The van der Waals surface area contributed by atoms with E-state index < -0.39 is 0 Å². The van der Waals surface area contributed by atoms with Crippen molar-refractivity contribution in [3.05, 3.63) is 11.6 Å². The summed E-state index contributed by atoms with van der Waals surface area (Å²) in [4.78, 5) is 11.2. The third-order valence-electron chi connectivity index (χ3n) is 2.37. The first-order valence-corrected chi connectivity index (χ1v) is 4.11. The van der Waals surface area contributed by atoms with Crippen molar-refractivity contribution in [2.24, 2.45) is 5.92 Å². The van der Waals surface area contributed by atoms with Crippen molar-refractivity contribution in [1.82, 2.24) is 10.9 Å². The lowest BCUT2D eigenvalue weighted by Gasteiger charge is -2.28. The van der Waals surface area contributed by atoms with E-state index in [1.54, 1.807) is 0 Å². The molecule has 2 rings (SSSR count). The molecule has 0 spiro atoms. The van der Waals surface area contributed by atoms with Crippen LogP contribution in [0.2, 0.25) is 0 Å². The Balaban J connectivity index is 2.21. The van der Waals surface area contributed by atoms with Gasteiger partial charge in [0.25, 0.3) is 5.91 Å². The van der Waals surface area contributed by atoms with Crippen LogP contribution in [0.1, 0.15) is 19.3 Å². The maximum absolute atomic E-state index is 11.2. The second-order valence-electron chi connectivity index (χ2n) is 3.12. The second-order valence-corrected chi connectivity index (χ2v) is 3.12. The van der Waals surface area contributed by atoms with Gasteiger partial charge < -0.3 is 0 Å². The van der Waals surface area contributed by atoms with E-state index in [1.165, 1.54) is 6.42 Å². The number of carbonyl (C=O) groups is 1. The highest BCUT2D eigenvalue weighted by Gasteiger charge is 2.26. The number of nitrogens with one attached hydrogen (secondary N) is 2. The molecule has 1 saturated heterocycles. The molecular weight excluding hydrogens is 140 g/mol. The quantitative estimate of drug-likeness (QED) is 0.525. The molecule has 1 fully saturated rings. The van der Waals surface area contributed by atoms with Gasteiger partial charge >= 0.3 is 0 Å². The molecule has 1 atom stereocenters. The van der Waals surface area contributed by atoms with Crippen LogP contribution in [-0.2, 0) is 4.79 Å². The summed E-state index contributed by atoms with van der Waals surface area (Å²) < 4.78 is 0. The van der Waals surface area contributed by atoms with Crippen molar-refractivity contribution < 1.29 is 4.79 Å². The number of fused-ring (bicyclic) bond motifs is 1. The summed E-state index contributed by atoms with van der Waals surface area (Å²) >= 11 is 0. The van der Waals surface area contributed by atoms with Crippen LogP contribution >= 0.6 is 0 Å². The van der Waals surface area contributed by atoms with Crippen molar-refractivity contribution in [3.63, 3.8) is 0 Å². The van der Waals surface area contributed by atoms with Gasteiger partial charge in [-0.1, -0.05) is 6.08 Å².